The average molecular weight is 180 g/mol. The number of allylic oxidation sites excluding steroid dienone is 1. The van der Waals surface area contributed by atoms with Crippen LogP contribution in [-0.2, 0) is 6.54 Å². The van der Waals surface area contributed by atoms with Crippen LogP contribution in [-0.4, -0.2) is 6.03 Å². The van der Waals surface area contributed by atoms with Crippen LogP contribution in [0.5, 0.6) is 0 Å². The second-order valence-corrected chi connectivity index (χ2v) is 2.41. The van der Waals surface area contributed by atoms with Crippen molar-refractivity contribution in [1.82, 2.24) is 10.6 Å². The van der Waals surface area contributed by atoms with E-state index in [1.165, 1.54) is 0 Å². The van der Waals surface area contributed by atoms with Crippen LogP contribution >= 0.6 is 0 Å². The van der Waals surface area contributed by atoms with Crippen molar-refractivity contribution in [2.45, 2.75) is 13.5 Å². The maximum Gasteiger partial charge on any atom is 0.319 e. The van der Waals surface area contributed by atoms with Gasteiger partial charge < -0.3 is 15.1 Å². The standard InChI is InChI=1S/C9H12N2O2/c1-2-5-10-9(12)11-7-8-4-3-6-13-8/h2-6H,7H2,1H3,(H2,10,11,12)/b5-2+. The number of carbonyl (C=O) groups is 1. The molecule has 0 spiro atoms. The van der Waals surface area contributed by atoms with Crippen LogP contribution < -0.4 is 10.6 Å². The number of amides is 2. The SMILES string of the molecule is C/C=C/NC(=O)NCc1ccco1. The summed E-state index contributed by atoms with van der Waals surface area (Å²) in [5.74, 6) is 0.732. The van der Waals surface area contributed by atoms with Gasteiger partial charge in [-0.05, 0) is 19.1 Å². The molecule has 70 valence electrons. The molecule has 1 aromatic heterocycles. The van der Waals surface area contributed by atoms with Crippen molar-refractivity contribution >= 4 is 6.03 Å². The molecule has 0 atom stereocenters. The van der Waals surface area contributed by atoms with Crippen molar-refractivity contribution in [2.24, 2.45) is 0 Å². The van der Waals surface area contributed by atoms with E-state index < -0.39 is 0 Å². The molecule has 4 heteroatoms. The Morgan fingerprint density at radius 3 is 3.15 bits per heavy atom. The summed E-state index contributed by atoms with van der Waals surface area (Å²) >= 11 is 0. The molecule has 0 saturated heterocycles. The Morgan fingerprint density at radius 2 is 2.54 bits per heavy atom. The fourth-order valence-electron chi connectivity index (χ4n) is 0.791. The smallest absolute Gasteiger partial charge is 0.319 e. The largest absolute Gasteiger partial charge is 0.467 e. The summed E-state index contributed by atoms with van der Waals surface area (Å²) in [5.41, 5.74) is 0. The molecule has 0 aliphatic rings. The monoisotopic (exact) mass is 180 g/mol. The van der Waals surface area contributed by atoms with Crippen molar-refractivity contribution in [1.29, 1.82) is 0 Å². The van der Waals surface area contributed by atoms with E-state index in [0.29, 0.717) is 6.54 Å². The topological polar surface area (TPSA) is 54.3 Å². The molecular weight excluding hydrogens is 168 g/mol. The number of furan rings is 1. The molecule has 0 bridgehead atoms. The quantitative estimate of drug-likeness (QED) is 0.742. The Kier molecular flexibility index (Phi) is 3.63. The van der Waals surface area contributed by atoms with Crippen molar-refractivity contribution in [3.63, 3.8) is 0 Å². The van der Waals surface area contributed by atoms with Crippen LogP contribution in [0.4, 0.5) is 4.79 Å². The number of hydrogen-bond donors (Lipinski definition) is 2. The molecule has 0 aliphatic carbocycles. The van der Waals surface area contributed by atoms with Crippen molar-refractivity contribution in [3.8, 4) is 0 Å². The maximum absolute atomic E-state index is 11.0. The predicted octanol–water partition coefficient (Wildman–Crippen LogP) is 1.61. The molecule has 2 N–H and O–H groups in total. The van der Waals surface area contributed by atoms with Gasteiger partial charge in [-0.15, -0.1) is 0 Å². The van der Waals surface area contributed by atoms with E-state index in [9.17, 15) is 4.79 Å². The predicted molar refractivity (Wildman–Crippen MR) is 48.9 cm³/mol. The summed E-state index contributed by atoms with van der Waals surface area (Å²) in [6.07, 6.45) is 4.88. The van der Waals surface area contributed by atoms with Gasteiger partial charge >= 0.3 is 6.03 Å². The minimum atomic E-state index is -0.241. The van der Waals surface area contributed by atoms with E-state index in [2.05, 4.69) is 10.6 Å². The lowest BCUT2D eigenvalue weighted by Crippen LogP contribution is -2.31. The third-order valence-electron chi connectivity index (χ3n) is 1.38. The zero-order valence-corrected chi connectivity index (χ0v) is 7.41. The van der Waals surface area contributed by atoms with Gasteiger partial charge in [0.2, 0.25) is 0 Å². The number of nitrogens with one attached hydrogen (secondary N) is 2. The van der Waals surface area contributed by atoms with E-state index >= 15 is 0 Å². The first-order chi connectivity index (χ1) is 6.33. The second-order valence-electron chi connectivity index (χ2n) is 2.41. The highest BCUT2D eigenvalue weighted by Gasteiger charge is 1.98. The van der Waals surface area contributed by atoms with Crippen LogP contribution in [0, 0.1) is 0 Å². The van der Waals surface area contributed by atoms with Crippen LogP contribution in [0.2, 0.25) is 0 Å². The highest BCUT2D eigenvalue weighted by atomic mass is 16.3. The molecule has 1 heterocycles. The van der Waals surface area contributed by atoms with Crippen LogP contribution in [0.1, 0.15) is 12.7 Å². The maximum atomic E-state index is 11.0. The highest BCUT2D eigenvalue weighted by molar-refractivity contribution is 5.74. The lowest BCUT2D eigenvalue weighted by molar-refractivity contribution is 0.243. The first-order valence-electron chi connectivity index (χ1n) is 4.01. The molecule has 1 aromatic rings. The number of hydrogen-bond acceptors (Lipinski definition) is 2. The molecule has 0 unspecified atom stereocenters. The van der Waals surface area contributed by atoms with E-state index in [1.54, 1.807) is 30.7 Å². The fraction of sp³-hybridized carbons (Fsp3) is 0.222. The second kappa shape index (κ2) is 5.03. The van der Waals surface area contributed by atoms with E-state index in [4.69, 9.17) is 4.42 Å². The van der Waals surface area contributed by atoms with Crippen LogP contribution in [0.15, 0.2) is 35.1 Å². The molecule has 0 radical (unpaired) electrons. The molecule has 0 aliphatic heterocycles. The van der Waals surface area contributed by atoms with E-state index in [-0.39, 0.29) is 6.03 Å². The summed E-state index contributed by atoms with van der Waals surface area (Å²) in [5, 5.41) is 5.15. The highest BCUT2D eigenvalue weighted by Crippen LogP contribution is 1.97. The summed E-state index contributed by atoms with van der Waals surface area (Å²) in [7, 11) is 0. The van der Waals surface area contributed by atoms with Gasteiger partial charge in [-0.2, -0.15) is 0 Å². The number of urea groups is 1. The lowest BCUT2D eigenvalue weighted by atomic mass is 10.4. The fourth-order valence-corrected chi connectivity index (χ4v) is 0.791. The van der Waals surface area contributed by atoms with Crippen LogP contribution in [0.3, 0.4) is 0 Å². The van der Waals surface area contributed by atoms with Gasteiger partial charge in [-0.25, -0.2) is 4.79 Å². The molecule has 0 fully saturated rings. The number of rotatable bonds is 3. The summed E-state index contributed by atoms with van der Waals surface area (Å²) in [4.78, 5) is 11.0. The van der Waals surface area contributed by atoms with E-state index in [1.807, 2.05) is 6.92 Å². The Hall–Kier alpha value is -1.71. The van der Waals surface area contributed by atoms with Gasteiger partial charge in [0, 0.05) is 6.20 Å². The minimum absolute atomic E-state index is 0.241. The molecule has 0 aromatic carbocycles. The molecule has 0 saturated carbocycles. The lowest BCUT2D eigenvalue weighted by Gasteiger charge is -2.01. The van der Waals surface area contributed by atoms with Crippen LogP contribution in [0.25, 0.3) is 0 Å². The third-order valence-corrected chi connectivity index (χ3v) is 1.38. The van der Waals surface area contributed by atoms with Gasteiger partial charge in [0.15, 0.2) is 0 Å². The Labute approximate surface area is 76.6 Å². The molecule has 4 nitrogen and oxygen atoms in total. The van der Waals surface area contributed by atoms with E-state index in [0.717, 1.165) is 5.76 Å². The summed E-state index contributed by atoms with van der Waals surface area (Å²) in [6, 6.07) is 3.34. The molecule has 1 rings (SSSR count). The summed E-state index contributed by atoms with van der Waals surface area (Å²) in [6.45, 7) is 2.23. The normalized spacial score (nSPS) is 10.2. The molecular formula is C9H12N2O2. The zero-order valence-electron chi connectivity index (χ0n) is 7.41. The molecule has 2 amide bonds. The van der Waals surface area contributed by atoms with Gasteiger partial charge in [-0.3, -0.25) is 0 Å². The first-order valence-corrected chi connectivity index (χ1v) is 4.01. The van der Waals surface area contributed by atoms with Gasteiger partial charge in [0.25, 0.3) is 0 Å². The Bertz CT molecular complexity index is 278. The van der Waals surface area contributed by atoms with Crippen molar-refractivity contribution in [3.05, 3.63) is 36.4 Å². The summed E-state index contributed by atoms with van der Waals surface area (Å²) < 4.78 is 5.03. The van der Waals surface area contributed by atoms with Gasteiger partial charge in [0.1, 0.15) is 5.76 Å². The molecule has 13 heavy (non-hydrogen) atoms. The Morgan fingerprint density at radius 1 is 1.69 bits per heavy atom. The third kappa shape index (κ3) is 3.46. The minimum Gasteiger partial charge on any atom is -0.467 e. The first kappa shape index (κ1) is 9.38. The van der Waals surface area contributed by atoms with Crippen molar-refractivity contribution in [2.75, 3.05) is 0 Å². The Balaban J connectivity index is 2.23. The van der Waals surface area contributed by atoms with Crippen molar-refractivity contribution < 1.29 is 9.21 Å². The number of carbonyl (C=O) groups excluding carboxylic acids is 1. The van der Waals surface area contributed by atoms with Gasteiger partial charge in [0.05, 0.1) is 12.8 Å². The zero-order chi connectivity index (χ0) is 9.52. The van der Waals surface area contributed by atoms with Gasteiger partial charge in [-0.1, -0.05) is 6.08 Å². The average Bonchev–Trinajstić information content (AvgIpc) is 2.64.